The van der Waals surface area contributed by atoms with Crippen LogP contribution in [-0.4, -0.2) is 52.6 Å². The van der Waals surface area contributed by atoms with Crippen LogP contribution in [0.2, 0.25) is 0 Å². The molecule has 0 saturated carbocycles. The number of aromatic nitrogens is 2. The van der Waals surface area contributed by atoms with Gasteiger partial charge in [-0.05, 0) is 57.4 Å². The number of piperidine rings is 1. The number of nitrogens with zero attached hydrogens (tertiary/aromatic N) is 3. The van der Waals surface area contributed by atoms with E-state index in [0.717, 1.165) is 18.0 Å². The van der Waals surface area contributed by atoms with Gasteiger partial charge < -0.3 is 15.5 Å². The summed E-state index contributed by atoms with van der Waals surface area (Å²) in [7, 11) is 0. The molecule has 0 aliphatic carbocycles. The Balaban J connectivity index is 1.47. The molecule has 156 valence electrons. The van der Waals surface area contributed by atoms with Crippen LogP contribution in [0.3, 0.4) is 0 Å². The molecule has 1 aliphatic rings. The van der Waals surface area contributed by atoms with Crippen LogP contribution < -0.4 is 10.6 Å². The Hall–Kier alpha value is -2.32. The summed E-state index contributed by atoms with van der Waals surface area (Å²) in [6.45, 7) is 6.89. The Morgan fingerprint density at radius 1 is 1.24 bits per heavy atom. The molecule has 29 heavy (non-hydrogen) atoms. The van der Waals surface area contributed by atoms with Gasteiger partial charge in [0.2, 0.25) is 5.01 Å². The van der Waals surface area contributed by atoms with Gasteiger partial charge in [-0.15, -0.1) is 10.2 Å². The summed E-state index contributed by atoms with van der Waals surface area (Å²) in [6, 6.07) is 7.63. The summed E-state index contributed by atoms with van der Waals surface area (Å²) in [5, 5.41) is 14.5. The lowest BCUT2D eigenvalue weighted by Crippen LogP contribution is -2.40. The monoisotopic (exact) mass is 415 g/mol. The van der Waals surface area contributed by atoms with E-state index in [4.69, 9.17) is 0 Å². The zero-order valence-corrected chi connectivity index (χ0v) is 17.9. The maximum absolute atomic E-state index is 12.5. The molecule has 1 aliphatic heterocycles. The van der Waals surface area contributed by atoms with Crippen molar-refractivity contribution in [2.24, 2.45) is 0 Å². The lowest BCUT2D eigenvalue weighted by Gasteiger charge is -2.35. The summed E-state index contributed by atoms with van der Waals surface area (Å²) in [6.07, 6.45) is 6.03. The number of amides is 2. The second kappa shape index (κ2) is 10.5. The van der Waals surface area contributed by atoms with E-state index in [1.807, 2.05) is 0 Å². The average molecular weight is 416 g/mol. The molecule has 1 fully saturated rings. The summed E-state index contributed by atoms with van der Waals surface area (Å²) < 4.78 is 0. The van der Waals surface area contributed by atoms with E-state index in [0.29, 0.717) is 28.8 Å². The van der Waals surface area contributed by atoms with E-state index in [-0.39, 0.29) is 11.8 Å². The molecule has 1 atom stereocenters. The molecule has 3 rings (SSSR count). The van der Waals surface area contributed by atoms with E-state index in [2.05, 4.69) is 32.7 Å². The molecule has 1 aromatic heterocycles. The quantitative estimate of drug-likeness (QED) is 0.645. The molecule has 2 aromatic rings. The summed E-state index contributed by atoms with van der Waals surface area (Å²) >= 11 is 1.23. The van der Waals surface area contributed by atoms with Crippen LogP contribution in [0.15, 0.2) is 24.3 Å². The Labute approximate surface area is 175 Å². The number of nitrogens with one attached hydrogen (secondary N) is 2. The van der Waals surface area contributed by atoms with Crippen molar-refractivity contribution in [1.29, 1.82) is 0 Å². The van der Waals surface area contributed by atoms with Crippen LogP contribution in [0.1, 0.15) is 64.2 Å². The van der Waals surface area contributed by atoms with E-state index in [9.17, 15) is 9.59 Å². The number of aryl methyl sites for hydroxylation is 1. The minimum atomic E-state index is -0.319. The number of hydrogen-bond acceptors (Lipinski definition) is 6. The predicted octanol–water partition coefficient (Wildman–Crippen LogP) is 3.48. The second-order valence-electron chi connectivity index (χ2n) is 7.36. The number of anilines is 1. The first kappa shape index (κ1) is 21.4. The lowest BCUT2D eigenvalue weighted by molar-refractivity contribution is 0.0946. The largest absolute Gasteiger partial charge is 0.352 e. The predicted molar refractivity (Wildman–Crippen MR) is 115 cm³/mol. The van der Waals surface area contributed by atoms with Gasteiger partial charge in [0.05, 0.1) is 0 Å². The molecule has 2 N–H and O–H groups in total. The Bertz CT molecular complexity index is 838. The first-order valence-electron chi connectivity index (χ1n) is 10.3. The van der Waals surface area contributed by atoms with E-state index < -0.39 is 0 Å². The summed E-state index contributed by atoms with van der Waals surface area (Å²) in [5.41, 5.74) is 1.09. The number of likely N-dealkylation sites (tertiary alicyclic amines) is 1. The van der Waals surface area contributed by atoms with Crippen molar-refractivity contribution in [3.8, 4) is 0 Å². The minimum absolute atomic E-state index is 0.126. The molecular weight excluding hydrogens is 386 g/mol. The van der Waals surface area contributed by atoms with Crippen molar-refractivity contribution in [3.63, 3.8) is 0 Å². The van der Waals surface area contributed by atoms with Crippen LogP contribution >= 0.6 is 11.3 Å². The summed E-state index contributed by atoms with van der Waals surface area (Å²) in [5.74, 6) is -0.446. The van der Waals surface area contributed by atoms with Crippen molar-refractivity contribution in [3.05, 3.63) is 39.8 Å². The third-order valence-corrected chi connectivity index (χ3v) is 6.07. The molecule has 8 heteroatoms. The maximum atomic E-state index is 12.5. The molecule has 0 radical (unpaired) electrons. The fraction of sp³-hybridized carbons (Fsp3) is 0.524. The fourth-order valence-electron chi connectivity index (χ4n) is 3.71. The number of hydrogen-bond donors (Lipinski definition) is 2. The van der Waals surface area contributed by atoms with Crippen LogP contribution in [0.4, 0.5) is 5.69 Å². The van der Waals surface area contributed by atoms with Crippen molar-refractivity contribution in [2.45, 2.75) is 52.0 Å². The zero-order chi connectivity index (χ0) is 20.6. The van der Waals surface area contributed by atoms with Gasteiger partial charge in [0.1, 0.15) is 5.01 Å². The number of rotatable bonds is 8. The lowest BCUT2D eigenvalue weighted by atomic mass is 10.00. The third-order valence-electron chi connectivity index (χ3n) is 5.23. The minimum Gasteiger partial charge on any atom is -0.352 e. The zero-order valence-electron chi connectivity index (χ0n) is 17.1. The van der Waals surface area contributed by atoms with Gasteiger partial charge in [0.15, 0.2) is 0 Å². The fourth-order valence-corrected chi connectivity index (χ4v) is 4.30. The van der Waals surface area contributed by atoms with E-state index >= 15 is 0 Å². The van der Waals surface area contributed by atoms with Gasteiger partial charge in [0, 0.05) is 30.4 Å². The highest BCUT2D eigenvalue weighted by Crippen LogP contribution is 2.19. The number of carbonyl (C=O) groups excluding carboxylic acids is 2. The van der Waals surface area contributed by atoms with Gasteiger partial charge >= 0.3 is 0 Å². The molecule has 1 saturated heterocycles. The first-order valence-corrected chi connectivity index (χ1v) is 11.1. The van der Waals surface area contributed by atoms with Gasteiger partial charge in [-0.2, -0.15) is 0 Å². The Kier molecular flexibility index (Phi) is 7.71. The maximum Gasteiger partial charge on any atom is 0.286 e. The molecule has 2 heterocycles. The molecular formula is C21H29N5O2S. The van der Waals surface area contributed by atoms with Gasteiger partial charge in [-0.25, -0.2) is 0 Å². The van der Waals surface area contributed by atoms with Crippen LogP contribution in [0.25, 0.3) is 0 Å². The highest BCUT2D eigenvalue weighted by molar-refractivity contribution is 7.13. The van der Waals surface area contributed by atoms with Crippen molar-refractivity contribution >= 4 is 28.8 Å². The highest BCUT2D eigenvalue weighted by atomic mass is 32.1. The van der Waals surface area contributed by atoms with E-state index in [1.54, 1.807) is 31.2 Å². The standard InChI is InChI=1S/C21H29N5O2S/c1-3-18-10-4-5-12-26(18)13-7-11-22-19(27)16-8-6-9-17(14-16)23-20(28)21-25-24-15(2)29-21/h6,8-9,14,18H,3-5,7,10-13H2,1-2H3,(H,22,27)(H,23,28)/t18-/m1/s1. The summed E-state index contributed by atoms with van der Waals surface area (Å²) in [4.78, 5) is 27.2. The Morgan fingerprint density at radius 3 is 2.86 bits per heavy atom. The molecule has 0 bridgehead atoms. The SMILES string of the molecule is CC[C@@H]1CCCCN1CCCNC(=O)c1cccc(NC(=O)c2nnc(C)s2)c1. The first-order chi connectivity index (χ1) is 14.1. The molecule has 7 nitrogen and oxygen atoms in total. The van der Waals surface area contributed by atoms with Crippen molar-refractivity contribution in [2.75, 3.05) is 25.0 Å². The normalized spacial score (nSPS) is 17.1. The molecule has 2 amide bonds. The van der Waals surface area contributed by atoms with Gasteiger partial charge in [-0.3, -0.25) is 9.59 Å². The van der Waals surface area contributed by atoms with Crippen LogP contribution in [-0.2, 0) is 0 Å². The van der Waals surface area contributed by atoms with Gasteiger partial charge in [0.25, 0.3) is 11.8 Å². The van der Waals surface area contributed by atoms with Crippen LogP contribution in [0.5, 0.6) is 0 Å². The number of benzene rings is 1. The smallest absolute Gasteiger partial charge is 0.286 e. The van der Waals surface area contributed by atoms with E-state index in [1.165, 1.54) is 43.6 Å². The topological polar surface area (TPSA) is 87.2 Å². The second-order valence-corrected chi connectivity index (χ2v) is 8.55. The number of carbonyl (C=O) groups is 2. The highest BCUT2D eigenvalue weighted by Gasteiger charge is 2.20. The van der Waals surface area contributed by atoms with Crippen molar-refractivity contribution < 1.29 is 9.59 Å². The third kappa shape index (κ3) is 6.08. The van der Waals surface area contributed by atoms with Crippen molar-refractivity contribution in [1.82, 2.24) is 20.4 Å². The molecule has 1 aromatic carbocycles. The Morgan fingerprint density at radius 2 is 2.10 bits per heavy atom. The average Bonchev–Trinajstić information content (AvgIpc) is 3.18. The van der Waals surface area contributed by atoms with Crippen LogP contribution in [0, 0.1) is 6.92 Å². The van der Waals surface area contributed by atoms with Gasteiger partial charge in [-0.1, -0.05) is 30.7 Å². The molecule has 0 unspecified atom stereocenters. The molecule has 0 spiro atoms.